The number of benzene rings is 1. The van der Waals surface area contributed by atoms with Gasteiger partial charge in [0.05, 0.1) is 0 Å². The highest BCUT2D eigenvalue weighted by atomic mass is 14.6. The van der Waals surface area contributed by atoms with Gasteiger partial charge in [0, 0.05) is 5.69 Å². The lowest BCUT2D eigenvalue weighted by atomic mass is 9.95. The second-order valence-electron chi connectivity index (χ2n) is 4.20. The molecule has 0 aliphatic rings. The van der Waals surface area contributed by atoms with E-state index in [1.165, 1.54) is 11.1 Å². The summed E-state index contributed by atoms with van der Waals surface area (Å²) in [6.45, 7) is 8.70. The van der Waals surface area contributed by atoms with E-state index in [1.54, 1.807) is 0 Å². The average Bonchev–Trinajstić information content (AvgIpc) is 2.03. The number of nitrogens with two attached hydrogens (primary N) is 1. The minimum Gasteiger partial charge on any atom is -0.398 e. The predicted octanol–water partition coefficient (Wildman–Crippen LogP) is 3.52. The molecule has 0 atom stereocenters. The Balaban J connectivity index is 3.06. The van der Waals surface area contributed by atoms with Crippen molar-refractivity contribution in [1.29, 1.82) is 0 Å². The van der Waals surface area contributed by atoms with Gasteiger partial charge in [-0.25, -0.2) is 0 Å². The molecule has 1 aromatic rings. The van der Waals surface area contributed by atoms with Crippen molar-refractivity contribution in [3.63, 3.8) is 0 Å². The topological polar surface area (TPSA) is 26.0 Å². The second-order valence-corrected chi connectivity index (χ2v) is 4.20. The van der Waals surface area contributed by atoms with Gasteiger partial charge in [-0.3, -0.25) is 0 Å². The molecule has 0 unspecified atom stereocenters. The summed E-state index contributed by atoms with van der Waals surface area (Å²) in [5.41, 5.74) is 9.47. The molecule has 0 heterocycles. The predicted molar refractivity (Wildman–Crippen MR) is 59.0 cm³/mol. The Kier molecular flexibility index (Phi) is 2.97. The molecule has 0 saturated heterocycles. The first kappa shape index (κ1) is 10.1. The van der Waals surface area contributed by atoms with Crippen molar-refractivity contribution >= 4 is 5.69 Å². The van der Waals surface area contributed by atoms with Crippen molar-refractivity contribution in [2.75, 3.05) is 5.73 Å². The SMILES string of the molecule is CC(C)c1ccc(C(C)C)c(N)c1. The smallest absolute Gasteiger partial charge is 0.0352 e. The fourth-order valence-corrected chi connectivity index (χ4v) is 1.48. The summed E-state index contributed by atoms with van der Waals surface area (Å²) in [4.78, 5) is 0. The summed E-state index contributed by atoms with van der Waals surface area (Å²) in [7, 11) is 0. The van der Waals surface area contributed by atoms with Crippen LogP contribution in [0.5, 0.6) is 0 Å². The molecule has 0 fully saturated rings. The van der Waals surface area contributed by atoms with Crippen LogP contribution in [0.4, 0.5) is 5.69 Å². The monoisotopic (exact) mass is 177 g/mol. The summed E-state index contributed by atoms with van der Waals surface area (Å²) in [5.74, 6) is 1.07. The van der Waals surface area contributed by atoms with Gasteiger partial charge in [0.25, 0.3) is 0 Å². The van der Waals surface area contributed by atoms with Gasteiger partial charge in [-0.05, 0) is 29.0 Å². The number of hydrogen-bond donors (Lipinski definition) is 1. The van der Waals surface area contributed by atoms with Crippen molar-refractivity contribution in [3.05, 3.63) is 29.3 Å². The molecule has 13 heavy (non-hydrogen) atoms. The highest BCUT2D eigenvalue weighted by Crippen LogP contribution is 2.25. The van der Waals surface area contributed by atoms with Gasteiger partial charge >= 0.3 is 0 Å². The standard InChI is InChI=1S/C12H19N/c1-8(2)10-5-6-11(9(3)4)12(13)7-10/h5-9H,13H2,1-4H3. The molecule has 1 nitrogen and oxygen atoms in total. The molecule has 0 amide bonds. The molecule has 0 aliphatic carbocycles. The van der Waals surface area contributed by atoms with Crippen LogP contribution >= 0.6 is 0 Å². The molecular weight excluding hydrogens is 158 g/mol. The highest BCUT2D eigenvalue weighted by Gasteiger charge is 2.06. The van der Waals surface area contributed by atoms with E-state index in [0.29, 0.717) is 11.8 Å². The van der Waals surface area contributed by atoms with Crippen molar-refractivity contribution in [2.45, 2.75) is 39.5 Å². The van der Waals surface area contributed by atoms with Crippen LogP contribution < -0.4 is 5.73 Å². The maximum atomic E-state index is 5.96. The third kappa shape index (κ3) is 2.24. The third-order valence-corrected chi connectivity index (χ3v) is 2.40. The van der Waals surface area contributed by atoms with Gasteiger partial charge in [0.2, 0.25) is 0 Å². The highest BCUT2D eigenvalue weighted by molar-refractivity contribution is 5.51. The molecule has 0 aromatic heterocycles. The zero-order valence-electron chi connectivity index (χ0n) is 8.96. The lowest BCUT2D eigenvalue weighted by Crippen LogP contribution is -1.98. The van der Waals surface area contributed by atoms with Gasteiger partial charge in [0.15, 0.2) is 0 Å². The molecule has 1 heteroatoms. The van der Waals surface area contributed by atoms with Gasteiger partial charge in [-0.1, -0.05) is 39.8 Å². The van der Waals surface area contributed by atoms with Gasteiger partial charge in [0.1, 0.15) is 0 Å². The maximum absolute atomic E-state index is 5.96. The maximum Gasteiger partial charge on any atom is 0.0352 e. The lowest BCUT2D eigenvalue weighted by molar-refractivity contribution is 0.848. The molecule has 0 saturated carbocycles. The molecule has 0 radical (unpaired) electrons. The van der Waals surface area contributed by atoms with Crippen LogP contribution in [-0.4, -0.2) is 0 Å². The first-order valence-corrected chi connectivity index (χ1v) is 4.91. The number of nitrogen functional groups attached to an aromatic ring is 1. The lowest BCUT2D eigenvalue weighted by Gasteiger charge is -2.12. The van der Waals surface area contributed by atoms with E-state index in [0.717, 1.165) is 5.69 Å². The third-order valence-electron chi connectivity index (χ3n) is 2.40. The van der Waals surface area contributed by atoms with Crippen molar-refractivity contribution in [1.82, 2.24) is 0 Å². The molecule has 0 spiro atoms. The summed E-state index contributed by atoms with van der Waals surface area (Å²) in [6, 6.07) is 6.42. The van der Waals surface area contributed by atoms with Crippen molar-refractivity contribution < 1.29 is 0 Å². The van der Waals surface area contributed by atoms with Crippen molar-refractivity contribution in [2.24, 2.45) is 0 Å². The van der Waals surface area contributed by atoms with E-state index in [1.807, 2.05) is 0 Å². The van der Waals surface area contributed by atoms with E-state index in [-0.39, 0.29) is 0 Å². The second kappa shape index (κ2) is 3.82. The molecular formula is C12H19N. The van der Waals surface area contributed by atoms with Crippen LogP contribution in [0.25, 0.3) is 0 Å². The molecule has 2 N–H and O–H groups in total. The van der Waals surface area contributed by atoms with Gasteiger partial charge in [-0.15, -0.1) is 0 Å². The molecule has 0 bridgehead atoms. The zero-order valence-corrected chi connectivity index (χ0v) is 8.96. The first-order valence-electron chi connectivity index (χ1n) is 4.91. The minimum absolute atomic E-state index is 0.515. The summed E-state index contributed by atoms with van der Waals surface area (Å²) >= 11 is 0. The Labute approximate surface area is 81.0 Å². The first-order chi connectivity index (χ1) is 6.02. The fraction of sp³-hybridized carbons (Fsp3) is 0.500. The Morgan fingerprint density at radius 3 is 2.00 bits per heavy atom. The summed E-state index contributed by atoms with van der Waals surface area (Å²) in [6.07, 6.45) is 0. The Bertz CT molecular complexity index is 287. The average molecular weight is 177 g/mol. The normalized spacial score (nSPS) is 11.2. The summed E-state index contributed by atoms with van der Waals surface area (Å²) < 4.78 is 0. The Morgan fingerprint density at radius 2 is 1.62 bits per heavy atom. The van der Waals surface area contributed by atoms with Crippen molar-refractivity contribution in [3.8, 4) is 0 Å². The molecule has 1 aromatic carbocycles. The van der Waals surface area contributed by atoms with Crippen LogP contribution in [0.2, 0.25) is 0 Å². The van der Waals surface area contributed by atoms with E-state index in [2.05, 4.69) is 45.9 Å². The Hall–Kier alpha value is -0.980. The Morgan fingerprint density at radius 1 is 1.00 bits per heavy atom. The van der Waals surface area contributed by atoms with Crippen LogP contribution in [0.3, 0.4) is 0 Å². The van der Waals surface area contributed by atoms with E-state index < -0.39 is 0 Å². The van der Waals surface area contributed by atoms with Crippen LogP contribution in [-0.2, 0) is 0 Å². The fourth-order valence-electron chi connectivity index (χ4n) is 1.48. The minimum atomic E-state index is 0.515. The molecule has 72 valence electrons. The van der Waals surface area contributed by atoms with E-state index in [9.17, 15) is 0 Å². The molecule has 0 aliphatic heterocycles. The van der Waals surface area contributed by atoms with Crippen LogP contribution in [0.1, 0.15) is 50.7 Å². The van der Waals surface area contributed by atoms with Crippen LogP contribution in [0, 0.1) is 0 Å². The van der Waals surface area contributed by atoms with E-state index >= 15 is 0 Å². The summed E-state index contributed by atoms with van der Waals surface area (Å²) in [5, 5.41) is 0. The quantitative estimate of drug-likeness (QED) is 0.687. The largest absolute Gasteiger partial charge is 0.398 e. The number of anilines is 1. The zero-order chi connectivity index (χ0) is 10.0. The van der Waals surface area contributed by atoms with Gasteiger partial charge < -0.3 is 5.73 Å². The van der Waals surface area contributed by atoms with Gasteiger partial charge in [-0.2, -0.15) is 0 Å². The van der Waals surface area contributed by atoms with Crippen LogP contribution in [0.15, 0.2) is 18.2 Å². The number of hydrogen-bond acceptors (Lipinski definition) is 1. The number of rotatable bonds is 2. The molecule has 1 rings (SSSR count). The van der Waals surface area contributed by atoms with E-state index in [4.69, 9.17) is 5.73 Å².